The summed E-state index contributed by atoms with van der Waals surface area (Å²) in [5.74, 6) is 0.667. The standard InChI is InChI=1S/C14H15BrN2/c1-10(2)6-11-4-3-5-12(7-11)13-8-16-9-17-14(13)15/h3-5,7-10H,6H2,1-2H3. The number of halogens is 1. The molecule has 2 rings (SSSR count). The zero-order chi connectivity index (χ0) is 12.3. The molecule has 1 aromatic carbocycles. The molecule has 0 saturated heterocycles. The van der Waals surface area contributed by atoms with Crippen LogP contribution in [0.1, 0.15) is 19.4 Å². The maximum atomic E-state index is 4.15. The molecule has 0 bridgehead atoms. The molecule has 0 unspecified atom stereocenters. The fourth-order valence-corrected chi connectivity index (χ4v) is 2.27. The van der Waals surface area contributed by atoms with Crippen molar-refractivity contribution in [1.82, 2.24) is 9.97 Å². The Hall–Kier alpha value is -1.22. The molecule has 2 nitrogen and oxygen atoms in total. The highest BCUT2D eigenvalue weighted by atomic mass is 79.9. The van der Waals surface area contributed by atoms with Gasteiger partial charge in [-0.25, -0.2) is 9.97 Å². The van der Waals surface area contributed by atoms with Crippen LogP contribution in [0.25, 0.3) is 11.1 Å². The van der Waals surface area contributed by atoms with Gasteiger partial charge in [0.1, 0.15) is 10.9 Å². The van der Waals surface area contributed by atoms with Gasteiger partial charge >= 0.3 is 0 Å². The van der Waals surface area contributed by atoms with E-state index in [9.17, 15) is 0 Å². The Labute approximate surface area is 110 Å². The SMILES string of the molecule is CC(C)Cc1cccc(-c2cncnc2Br)c1. The zero-order valence-corrected chi connectivity index (χ0v) is 11.6. The summed E-state index contributed by atoms with van der Waals surface area (Å²) in [6, 6.07) is 8.56. The lowest BCUT2D eigenvalue weighted by molar-refractivity contribution is 0.647. The second-order valence-corrected chi connectivity index (χ2v) is 5.28. The Bertz CT molecular complexity index is 509. The molecule has 0 saturated carbocycles. The molecule has 0 radical (unpaired) electrons. The average molecular weight is 291 g/mol. The summed E-state index contributed by atoms with van der Waals surface area (Å²) in [5, 5.41) is 0. The first kappa shape index (κ1) is 12.2. The van der Waals surface area contributed by atoms with E-state index in [1.54, 1.807) is 6.33 Å². The van der Waals surface area contributed by atoms with Crippen LogP contribution in [-0.2, 0) is 6.42 Å². The zero-order valence-electron chi connectivity index (χ0n) is 10.0. The maximum absolute atomic E-state index is 4.15. The minimum absolute atomic E-state index is 0.667. The topological polar surface area (TPSA) is 25.8 Å². The first-order chi connectivity index (χ1) is 8.16. The van der Waals surface area contributed by atoms with Crippen LogP contribution in [0.4, 0.5) is 0 Å². The molecule has 1 heterocycles. The van der Waals surface area contributed by atoms with Gasteiger partial charge in [-0.15, -0.1) is 0 Å². The predicted molar refractivity (Wildman–Crippen MR) is 73.7 cm³/mol. The summed E-state index contributed by atoms with van der Waals surface area (Å²) in [4.78, 5) is 8.22. The van der Waals surface area contributed by atoms with Gasteiger partial charge in [0.05, 0.1) is 0 Å². The largest absolute Gasteiger partial charge is 0.244 e. The van der Waals surface area contributed by atoms with Gasteiger partial charge in [-0.1, -0.05) is 38.1 Å². The highest BCUT2D eigenvalue weighted by molar-refractivity contribution is 9.10. The van der Waals surface area contributed by atoms with E-state index in [1.165, 1.54) is 5.56 Å². The van der Waals surface area contributed by atoms with Crippen molar-refractivity contribution in [1.29, 1.82) is 0 Å². The predicted octanol–water partition coefficient (Wildman–Crippen LogP) is 4.10. The lowest BCUT2D eigenvalue weighted by Crippen LogP contribution is -1.94. The van der Waals surface area contributed by atoms with Crippen LogP contribution in [-0.4, -0.2) is 9.97 Å². The van der Waals surface area contributed by atoms with Crippen molar-refractivity contribution in [3.8, 4) is 11.1 Å². The van der Waals surface area contributed by atoms with E-state index in [-0.39, 0.29) is 0 Å². The van der Waals surface area contributed by atoms with Gasteiger partial charge in [0, 0.05) is 11.8 Å². The van der Waals surface area contributed by atoms with E-state index in [1.807, 2.05) is 6.20 Å². The highest BCUT2D eigenvalue weighted by Crippen LogP contribution is 2.26. The van der Waals surface area contributed by atoms with Crippen LogP contribution in [0.2, 0.25) is 0 Å². The molecule has 88 valence electrons. The summed E-state index contributed by atoms with van der Waals surface area (Å²) in [6.45, 7) is 4.46. The quantitative estimate of drug-likeness (QED) is 0.795. The minimum atomic E-state index is 0.667. The van der Waals surface area contributed by atoms with Crippen molar-refractivity contribution < 1.29 is 0 Å². The van der Waals surface area contributed by atoms with Crippen LogP contribution >= 0.6 is 15.9 Å². The number of hydrogen-bond acceptors (Lipinski definition) is 2. The van der Waals surface area contributed by atoms with E-state index in [0.29, 0.717) is 5.92 Å². The number of nitrogens with zero attached hydrogens (tertiary/aromatic N) is 2. The number of benzene rings is 1. The third-order valence-electron chi connectivity index (χ3n) is 2.55. The first-order valence-electron chi connectivity index (χ1n) is 5.71. The lowest BCUT2D eigenvalue weighted by Gasteiger charge is -2.08. The van der Waals surface area contributed by atoms with E-state index in [4.69, 9.17) is 0 Å². The molecule has 0 aliphatic heterocycles. The molecular weight excluding hydrogens is 276 g/mol. The van der Waals surface area contributed by atoms with Crippen molar-refractivity contribution in [3.05, 3.63) is 47.0 Å². The molecule has 3 heteroatoms. The van der Waals surface area contributed by atoms with Crippen molar-refractivity contribution in [2.45, 2.75) is 20.3 Å². The molecule has 0 aliphatic rings. The van der Waals surface area contributed by atoms with Crippen LogP contribution in [0.3, 0.4) is 0 Å². The Kier molecular flexibility index (Phi) is 3.89. The third-order valence-corrected chi connectivity index (χ3v) is 3.18. The van der Waals surface area contributed by atoms with Crippen molar-refractivity contribution >= 4 is 15.9 Å². The van der Waals surface area contributed by atoms with Crippen LogP contribution < -0.4 is 0 Å². The Morgan fingerprint density at radius 2 is 2.12 bits per heavy atom. The van der Waals surface area contributed by atoms with Crippen LogP contribution in [0.5, 0.6) is 0 Å². The molecule has 0 aliphatic carbocycles. The molecule has 17 heavy (non-hydrogen) atoms. The number of aromatic nitrogens is 2. The fraction of sp³-hybridized carbons (Fsp3) is 0.286. The summed E-state index contributed by atoms with van der Waals surface area (Å²) < 4.78 is 0.842. The van der Waals surface area contributed by atoms with Gasteiger partial charge in [0.2, 0.25) is 0 Å². The average Bonchev–Trinajstić information content (AvgIpc) is 2.29. The van der Waals surface area contributed by atoms with E-state index in [2.05, 4.69) is 64.0 Å². The van der Waals surface area contributed by atoms with Gasteiger partial charge in [-0.3, -0.25) is 0 Å². The third kappa shape index (κ3) is 3.13. The van der Waals surface area contributed by atoms with Gasteiger partial charge in [-0.2, -0.15) is 0 Å². The monoisotopic (exact) mass is 290 g/mol. The molecule has 0 spiro atoms. The van der Waals surface area contributed by atoms with Gasteiger partial charge in [0.15, 0.2) is 0 Å². The highest BCUT2D eigenvalue weighted by Gasteiger charge is 2.05. The molecule has 0 N–H and O–H groups in total. The number of rotatable bonds is 3. The Morgan fingerprint density at radius 3 is 2.82 bits per heavy atom. The Balaban J connectivity index is 2.37. The van der Waals surface area contributed by atoms with Gasteiger partial charge in [-0.05, 0) is 39.4 Å². The van der Waals surface area contributed by atoms with E-state index < -0.39 is 0 Å². The second kappa shape index (κ2) is 5.41. The second-order valence-electron chi connectivity index (χ2n) is 4.53. The lowest BCUT2D eigenvalue weighted by atomic mass is 9.99. The summed E-state index contributed by atoms with van der Waals surface area (Å²) in [7, 11) is 0. The minimum Gasteiger partial charge on any atom is -0.244 e. The van der Waals surface area contributed by atoms with E-state index in [0.717, 1.165) is 22.2 Å². The van der Waals surface area contributed by atoms with Crippen molar-refractivity contribution in [2.75, 3.05) is 0 Å². The van der Waals surface area contributed by atoms with Crippen LogP contribution in [0.15, 0.2) is 41.4 Å². The maximum Gasteiger partial charge on any atom is 0.117 e. The molecule has 2 aromatic rings. The summed E-state index contributed by atoms with van der Waals surface area (Å²) in [5.41, 5.74) is 3.56. The van der Waals surface area contributed by atoms with Crippen LogP contribution in [0, 0.1) is 5.92 Å². The van der Waals surface area contributed by atoms with Gasteiger partial charge < -0.3 is 0 Å². The normalized spacial score (nSPS) is 10.8. The van der Waals surface area contributed by atoms with Crippen molar-refractivity contribution in [2.24, 2.45) is 5.92 Å². The smallest absolute Gasteiger partial charge is 0.117 e. The molecule has 0 atom stereocenters. The molecule has 0 amide bonds. The van der Waals surface area contributed by atoms with Crippen molar-refractivity contribution in [3.63, 3.8) is 0 Å². The molecule has 1 aromatic heterocycles. The Morgan fingerprint density at radius 1 is 1.29 bits per heavy atom. The first-order valence-corrected chi connectivity index (χ1v) is 6.51. The summed E-state index contributed by atoms with van der Waals surface area (Å²) in [6.07, 6.45) is 4.48. The van der Waals surface area contributed by atoms with Gasteiger partial charge in [0.25, 0.3) is 0 Å². The molecule has 0 fully saturated rings. The summed E-state index contributed by atoms with van der Waals surface area (Å²) >= 11 is 3.46. The fourth-order valence-electron chi connectivity index (χ4n) is 1.85. The van der Waals surface area contributed by atoms with E-state index >= 15 is 0 Å². The molecular formula is C14H15BrN2. The number of hydrogen-bond donors (Lipinski definition) is 0.